The second-order valence-corrected chi connectivity index (χ2v) is 3.25. The number of ketones is 1. The summed E-state index contributed by atoms with van der Waals surface area (Å²) in [5.41, 5.74) is 0. The van der Waals surface area contributed by atoms with Crippen LogP contribution in [-0.2, 0) is 4.79 Å². The second kappa shape index (κ2) is 4.60. The summed E-state index contributed by atoms with van der Waals surface area (Å²) in [6.45, 7) is 2.04. The Labute approximate surface area is 74.7 Å². The van der Waals surface area contributed by atoms with Crippen molar-refractivity contribution in [2.75, 3.05) is 6.61 Å². The molecule has 0 heterocycles. The van der Waals surface area contributed by atoms with Gasteiger partial charge >= 0.3 is 6.18 Å². The van der Waals surface area contributed by atoms with E-state index in [1.807, 2.05) is 0 Å². The highest BCUT2D eigenvalue weighted by Crippen LogP contribution is 2.29. The molecule has 0 aliphatic rings. The van der Waals surface area contributed by atoms with Gasteiger partial charge in [0.15, 0.2) is 0 Å². The van der Waals surface area contributed by atoms with Crippen LogP contribution in [0, 0.1) is 11.8 Å². The molecule has 0 rings (SSSR count). The summed E-state index contributed by atoms with van der Waals surface area (Å²) in [5.74, 6) is -2.81. The molecule has 0 amide bonds. The number of alkyl halides is 3. The fourth-order valence-corrected chi connectivity index (χ4v) is 0.762. The van der Waals surface area contributed by atoms with Crippen molar-refractivity contribution in [1.29, 1.82) is 0 Å². The number of hydrogen-bond acceptors (Lipinski definition) is 2. The van der Waals surface area contributed by atoms with E-state index in [0.717, 1.165) is 0 Å². The van der Waals surface area contributed by atoms with Crippen molar-refractivity contribution < 1.29 is 23.1 Å². The van der Waals surface area contributed by atoms with Crippen molar-refractivity contribution in [3.8, 4) is 0 Å². The molecule has 1 N–H and O–H groups in total. The Hall–Kier alpha value is -0.580. The fraction of sp³-hybridized carbons (Fsp3) is 0.875. The molecule has 0 radical (unpaired) electrons. The third-order valence-electron chi connectivity index (χ3n) is 1.77. The molecular weight excluding hydrogens is 185 g/mol. The number of halogens is 3. The predicted octanol–water partition coefficient (Wildman–Crippen LogP) is 1.77. The maximum absolute atomic E-state index is 12.0. The molecule has 0 aliphatic heterocycles. The summed E-state index contributed by atoms with van der Waals surface area (Å²) in [6, 6.07) is 0. The zero-order valence-electron chi connectivity index (χ0n) is 7.56. The average Bonchev–Trinajstić information content (AvgIpc) is 1.96. The van der Waals surface area contributed by atoms with Crippen LogP contribution in [0.15, 0.2) is 0 Å². The van der Waals surface area contributed by atoms with Gasteiger partial charge < -0.3 is 5.11 Å². The molecule has 5 heteroatoms. The van der Waals surface area contributed by atoms with Crippen LogP contribution in [-0.4, -0.2) is 23.7 Å². The van der Waals surface area contributed by atoms with Gasteiger partial charge in [-0.2, -0.15) is 13.2 Å². The van der Waals surface area contributed by atoms with Gasteiger partial charge in [0.1, 0.15) is 5.78 Å². The molecule has 1 atom stereocenters. The average molecular weight is 198 g/mol. The Bertz CT molecular complexity index is 175. The van der Waals surface area contributed by atoms with Crippen LogP contribution in [0.2, 0.25) is 0 Å². The van der Waals surface area contributed by atoms with Crippen LogP contribution in [0.4, 0.5) is 13.2 Å². The Balaban J connectivity index is 4.22. The smallest absolute Gasteiger partial charge is 0.394 e. The molecule has 0 aromatic heterocycles. The lowest BCUT2D eigenvalue weighted by Crippen LogP contribution is -2.29. The quantitative estimate of drug-likeness (QED) is 0.747. The van der Waals surface area contributed by atoms with Crippen molar-refractivity contribution in [3.05, 3.63) is 0 Å². The highest BCUT2D eigenvalue weighted by Gasteiger charge is 2.40. The molecule has 0 aliphatic carbocycles. The molecule has 2 nitrogen and oxygen atoms in total. The van der Waals surface area contributed by atoms with Crippen molar-refractivity contribution >= 4 is 5.78 Å². The minimum atomic E-state index is -4.49. The number of carbonyl (C=O) groups is 1. The summed E-state index contributed by atoms with van der Waals surface area (Å²) in [7, 11) is 0. The van der Waals surface area contributed by atoms with Gasteiger partial charge in [0.05, 0.1) is 12.5 Å². The number of carbonyl (C=O) groups excluding carboxylic acids is 1. The SMILES string of the molecule is CC(C)C(=O)CC(CO)C(F)(F)F. The van der Waals surface area contributed by atoms with Gasteiger partial charge in [-0.25, -0.2) is 0 Å². The Morgan fingerprint density at radius 1 is 1.38 bits per heavy atom. The maximum atomic E-state index is 12.0. The first-order valence-electron chi connectivity index (χ1n) is 3.99. The number of hydrogen-bond donors (Lipinski definition) is 1. The lowest BCUT2D eigenvalue weighted by molar-refractivity contribution is -0.187. The van der Waals surface area contributed by atoms with Gasteiger partial charge in [-0.3, -0.25) is 4.79 Å². The summed E-state index contributed by atoms with van der Waals surface area (Å²) in [4.78, 5) is 10.9. The lowest BCUT2D eigenvalue weighted by atomic mass is 9.97. The molecule has 0 fully saturated rings. The molecule has 78 valence electrons. The number of aliphatic hydroxyl groups excluding tert-OH is 1. The Morgan fingerprint density at radius 2 is 1.85 bits per heavy atom. The van der Waals surface area contributed by atoms with Crippen molar-refractivity contribution in [1.82, 2.24) is 0 Å². The maximum Gasteiger partial charge on any atom is 0.394 e. The molecule has 0 saturated carbocycles. The molecule has 0 bridgehead atoms. The van der Waals surface area contributed by atoms with Crippen molar-refractivity contribution in [2.24, 2.45) is 11.8 Å². The first-order valence-corrected chi connectivity index (χ1v) is 3.99. The van der Waals surface area contributed by atoms with E-state index in [4.69, 9.17) is 5.11 Å². The minimum Gasteiger partial charge on any atom is -0.396 e. The molecule has 0 spiro atoms. The second-order valence-electron chi connectivity index (χ2n) is 3.25. The molecular formula is C8H13F3O2. The molecule has 0 aromatic carbocycles. The largest absolute Gasteiger partial charge is 0.396 e. The summed E-state index contributed by atoms with van der Waals surface area (Å²) >= 11 is 0. The fourth-order valence-electron chi connectivity index (χ4n) is 0.762. The monoisotopic (exact) mass is 198 g/mol. The molecule has 13 heavy (non-hydrogen) atoms. The zero-order chi connectivity index (χ0) is 10.6. The molecule has 0 saturated heterocycles. The van der Waals surface area contributed by atoms with Crippen molar-refractivity contribution in [2.45, 2.75) is 26.4 Å². The van der Waals surface area contributed by atoms with Crippen LogP contribution in [0.25, 0.3) is 0 Å². The topological polar surface area (TPSA) is 37.3 Å². The van der Waals surface area contributed by atoms with Gasteiger partial charge in [0.25, 0.3) is 0 Å². The Morgan fingerprint density at radius 3 is 2.08 bits per heavy atom. The number of rotatable bonds is 4. The Kier molecular flexibility index (Phi) is 4.39. The summed E-state index contributed by atoms with van der Waals surface area (Å²) in [6.07, 6.45) is -5.11. The van der Waals surface area contributed by atoms with E-state index in [-0.39, 0.29) is 0 Å². The van der Waals surface area contributed by atoms with Gasteiger partial charge in [-0.15, -0.1) is 0 Å². The predicted molar refractivity (Wildman–Crippen MR) is 41.1 cm³/mol. The lowest BCUT2D eigenvalue weighted by Gasteiger charge is -2.17. The highest BCUT2D eigenvalue weighted by molar-refractivity contribution is 5.80. The summed E-state index contributed by atoms with van der Waals surface area (Å²) < 4.78 is 36.1. The van der Waals surface area contributed by atoms with Crippen LogP contribution < -0.4 is 0 Å². The van der Waals surface area contributed by atoms with Crippen LogP contribution in [0.3, 0.4) is 0 Å². The van der Waals surface area contributed by atoms with Crippen LogP contribution >= 0.6 is 0 Å². The van der Waals surface area contributed by atoms with Crippen LogP contribution in [0.1, 0.15) is 20.3 Å². The van der Waals surface area contributed by atoms with E-state index in [1.54, 1.807) is 0 Å². The van der Waals surface area contributed by atoms with Gasteiger partial charge in [-0.05, 0) is 0 Å². The van der Waals surface area contributed by atoms with Gasteiger partial charge in [-0.1, -0.05) is 13.8 Å². The van der Waals surface area contributed by atoms with Gasteiger partial charge in [0, 0.05) is 12.3 Å². The van der Waals surface area contributed by atoms with E-state index in [0.29, 0.717) is 0 Å². The van der Waals surface area contributed by atoms with Crippen molar-refractivity contribution in [3.63, 3.8) is 0 Å². The zero-order valence-corrected chi connectivity index (χ0v) is 7.56. The third-order valence-corrected chi connectivity index (χ3v) is 1.77. The van der Waals surface area contributed by atoms with E-state index >= 15 is 0 Å². The first-order chi connectivity index (χ1) is 5.79. The van der Waals surface area contributed by atoms with E-state index in [2.05, 4.69) is 0 Å². The third kappa shape index (κ3) is 4.26. The van der Waals surface area contributed by atoms with Crippen LogP contribution in [0.5, 0.6) is 0 Å². The normalized spacial score (nSPS) is 14.7. The number of aliphatic hydroxyl groups is 1. The van der Waals surface area contributed by atoms with E-state index in [9.17, 15) is 18.0 Å². The summed E-state index contributed by atoms with van der Waals surface area (Å²) in [5, 5.41) is 8.42. The van der Waals surface area contributed by atoms with Gasteiger partial charge in [0.2, 0.25) is 0 Å². The van der Waals surface area contributed by atoms with E-state index < -0.39 is 36.8 Å². The standard InChI is InChI=1S/C8H13F3O2/c1-5(2)7(13)3-6(4-12)8(9,10)11/h5-6,12H,3-4H2,1-2H3. The molecule has 0 aromatic rings. The molecule has 1 unspecified atom stereocenters. The first kappa shape index (κ1) is 12.4. The minimum absolute atomic E-state index is 0.420. The van der Waals surface area contributed by atoms with E-state index in [1.165, 1.54) is 13.8 Å². The number of Topliss-reactive ketones (excluding diaryl/α,β-unsaturated/α-hetero) is 1. The highest BCUT2D eigenvalue weighted by atomic mass is 19.4.